The van der Waals surface area contributed by atoms with Crippen molar-refractivity contribution in [1.82, 2.24) is 4.98 Å². The van der Waals surface area contributed by atoms with E-state index in [9.17, 15) is 4.79 Å². The molecule has 0 atom stereocenters. The van der Waals surface area contributed by atoms with Gasteiger partial charge in [-0.1, -0.05) is 27.3 Å². The first-order valence-electron chi connectivity index (χ1n) is 5.95. The summed E-state index contributed by atoms with van der Waals surface area (Å²) in [5, 5.41) is 3.37. The monoisotopic (exact) mass is 425 g/mol. The minimum atomic E-state index is -0.178. The van der Waals surface area contributed by atoms with Crippen LogP contribution in [0.1, 0.15) is 10.4 Å². The highest BCUT2D eigenvalue weighted by atomic mass is 79.9. The van der Waals surface area contributed by atoms with Gasteiger partial charge in [-0.15, -0.1) is 0 Å². The average Bonchev–Trinajstić information content (AvgIpc) is 2.81. The average molecular weight is 427 g/mol. The van der Waals surface area contributed by atoms with Gasteiger partial charge in [-0.05, 0) is 52.3 Å². The number of hydrogen-bond acceptors (Lipinski definition) is 4. The maximum Gasteiger partial charge on any atom is 0.255 e. The molecule has 0 spiro atoms. The second kappa shape index (κ2) is 5.75. The van der Waals surface area contributed by atoms with Crippen LogP contribution in [0.25, 0.3) is 10.2 Å². The number of nitrogen functional groups attached to an aromatic ring is 1. The van der Waals surface area contributed by atoms with Crippen molar-refractivity contribution in [2.75, 3.05) is 11.1 Å². The lowest BCUT2D eigenvalue weighted by Crippen LogP contribution is -2.12. The molecule has 0 aliphatic heterocycles. The zero-order chi connectivity index (χ0) is 15.0. The summed E-state index contributed by atoms with van der Waals surface area (Å²) in [7, 11) is 0. The molecule has 3 rings (SSSR count). The van der Waals surface area contributed by atoms with E-state index in [4.69, 9.17) is 5.73 Å². The summed E-state index contributed by atoms with van der Waals surface area (Å²) in [6.45, 7) is 0. The van der Waals surface area contributed by atoms with E-state index in [1.807, 2.05) is 18.2 Å². The quantitative estimate of drug-likeness (QED) is 0.626. The molecule has 0 bridgehead atoms. The number of hydrogen-bond donors (Lipinski definition) is 2. The minimum Gasteiger partial charge on any atom is -0.375 e. The second-order valence-corrected chi connectivity index (χ2v) is 7.15. The van der Waals surface area contributed by atoms with Crippen LogP contribution in [0, 0.1) is 0 Å². The van der Waals surface area contributed by atoms with E-state index < -0.39 is 0 Å². The van der Waals surface area contributed by atoms with Gasteiger partial charge in [0.15, 0.2) is 5.13 Å². The molecule has 0 aliphatic carbocycles. The number of rotatable bonds is 2. The minimum absolute atomic E-state index is 0.178. The summed E-state index contributed by atoms with van der Waals surface area (Å²) in [4.78, 5) is 16.5. The van der Waals surface area contributed by atoms with E-state index in [0.717, 1.165) is 19.2 Å². The van der Waals surface area contributed by atoms with Crippen molar-refractivity contribution >= 4 is 70.1 Å². The highest BCUT2D eigenvalue weighted by Crippen LogP contribution is 2.28. The van der Waals surface area contributed by atoms with Crippen molar-refractivity contribution < 1.29 is 4.79 Å². The number of fused-ring (bicyclic) bond motifs is 1. The van der Waals surface area contributed by atoms with Crippen LogP contribution in [0.3, 0.4) is 0 Å². The molecule has 3 aromatic rings. The number of nitrogens with two attached hydrogens (primary N) is 1. The first-order chi connectivity index (χ1) is 10.0. The number of thiazole rings is 1. The normalized spacial score (nSPS) is 10.8. The van der Waals surface area contributed by atoms with Crippen molar-refractivity contribution in [3.8, 4) is 0 Å². The summed E-state index contributed by atoms with van der Waals surface area (Å²) in [5.74, 6) is -0.178. The predicted octanol–water partition coefficient (Wildman–Crippen LogP) is 4.66. The van der Waals surface area contributed by atoms with E-state index in [1.54, 1.807) is 18.2 Å². The summed E-state index contributed by atoms with van der Waals surface area (Å²) >= 11 is 8.17. The van der Waals surface area contributed by atoms with Gasteiger partial charge in [-0.3, -0.25) is 4.79 Å². The molecule has 0 saturated heterocycles. The van der Waals surface area contributed by atoms with Crippen molar-refractivity contribution in [3.63, 3.8) is 0 Å². The smallest absolute Gasteiger partial charge is 0.255 e. The molecule has 21 heavy (non-hydrogen) atoms. The third-order valence-corrected chi connectivity index (χ3v) is 4.88. The van der Waals surface area contributed by atoms with Gasteiger partial charge in [-0.2, -0.15) is 0 Å². The Morgan fingerprint density at radius 1 is 1.19 bits per heavy atom. The first kappa shape index (κ1) is 14.5. The van der Waals surface area contributed by atoms with Crippen molar-refractivity contribution in [3.05, 3.63) is 50.9 Å². The molecule has 106 valence electrons. The van der Waals surface area contributed by atoms with E-state index in [2.05, 4.69) is 42.2 Å². The number of anilines is 2. The van der Waals surface area contributed by atoms with Crippen LogP contribution in [0.5, 0.6) is 0 Å². The molecule has 0 fully saturated rings. The summed E-state index contributed by atoms with van der Waals surface area (Å²) in [6.07, 6.45) is 0. The highest BCUT2D eigenvalue weighted by Gasteiger charge is 2.11. The lowest BCUT2D eigenvalue weighted by molar-refractivity contribution is 0.102. The van der Waals surface area contributed by atoms with Crippen LogP contribution in [0.15, 0.2) is 45.3 Å². The Morgan fingerprint density at radius 3 is 2.81 bits per heavy atom. The van der Waals surface area contributed by atoms with Crippen LogP contribution in [-0.4, -0.2) is 10.9 Å². The van der Waals surface area contributed by atoms with Crippen LogP contribution in [-0.2, 0) is 0 Å². The van der Waals surface area contributed by atoms with Gasteiger partial charge in [0.1, 0.15) is 0 Å². The zero-order valence-electron chi connectivity index (χ0n) is 10.6. The van der Waals surface area contributed by atoms with Gasteiger partial charge in [-0.25, -0.2) is 4.98 Å². The predicted molar refractivity (Wildman–Crippen MR) is 93.8 cm³/mol. The molecular formula is C14H9Br2N3OS. The number of halogens is 2. The maximum absolute atomic E-state index is 12.3. The van der Waals surface area contributed by atoms with Crippen molar-refractivity contribution in [1.29, 1.82) is 0 Å². The number of aromatic nitrogens is 1. The molecule has 3 N–H and O–H groups in total. The van der Waals surface area contributed by atoms with Crippen LogP contribution in [0.2, 0.25) is 0 Å². The van der Waals surface area contributed by atoms with Gasteiger partial charge in [0, 0.05) is 14.5 Å². The Hall–Kier alpha value is -1.44. The Labute approximate surface area is 141 Å². The third-order valence-electron chi connectivity index (χ3n) is 2.84. The molecule has 1 heterocycles. The maximum atomic E-state index is 12.3. The standard InChI is InChI=1S/C14H9Br2N3OS/c15-8-2-3-9(16)11(6-8)18-13(20)7-1-4-10-12(5-7)21-14(17)19-10/h1-6H,(H2,17,19)(H,18,20). The number of amides is 1. The Kier molecular flexibility index (Phi) is 3.97. The molecule has 4 nitrogen and oxygen atoms in total. The Balaban J connectivity index is 1.91. The number of carbonyl (C=O) groups is 1. The molecule has 0 radical (unpaired) electrons. The van der Waals surface area contributed by atoms with Gasteiger partial charge >= 0.3 is 0 Å². The molecule has 0 aliphatic rings. The molecule has 2 aromatic carbocycles. The van der Waals surface area contributed by atoms with Crippen LogP contribution >= 0.6 is 43.2 Å². The fraction of sp³-hybridized carbons (Fsp3) is 0. The van der Waals surface area contributed by atoms with E-state index >= 15 is 0 Å². The van der Waals surface area contributed by atoms with Crippen LogP contribution in [0.4, 0.5) is 10.8 Å². The zero-order valence-corrected chi connectivity index (χ0v) is 14.5. The van der Waals surface area contributed by atoms with E-state index in [1.165, 1.54) is 11.3 Å². The molecule has 0 saturated carbocycles. The van der Waals surface area contributed by atoms with Crippen molar-refractivity contribution in [2.24, 2.45) is 0 Å². The number of nitrogens with zero attached hydrogens (tertiary/aromatic N) is 1. The number of nitrogens with one attached hydrogen (secondary N) is 1. The first-order valence-corrected chi connectivity index (χ1v) is 8.35. The molecule has 7 heteroatoms. The topological polar surface area (TPSA) is 68.0 Å². The molecular weight excluding hydrogens is 418 g/mol. The summed E-state index contributed by atoms with van der Waals surface area (Å²) in [6, 6.07) is 10.9. The lowest BCUT2D eigenvalue weighted by Gasteiger charge is -2.08. The highest BCUT2D eigenvalue weighted by molar-refractivity contribution is 9.11. The Morgan fingerprint density at radius 2 is 2.00 bits per heavy atom. The molecule has 0 unspecified atom stereocenters. The summed E-state index contributed by atoms with van der Waals surface area (Å²) in [5.41, 5.74) is 7.75. The SMILES string of the molecule is Nc1nc2ccc(C(=O)Nc3cc(Br)ccc3Br)cc2s1. The summed E-state index contributed by atoms with van der Waals surface area (Å²) < 4.78 is 2.61. The number of carbonyl (C=O) groups excluding carboxylic acids is 1. The van der Waals surface area contributed by atoms with Crippen LogP contribution < -0.4 is 11.1 Å². The fourth-order valence-corrected chi connectivity index (χ4v) is 3.35. The van der Waals surface area contributed by atoms with Gasteiger partial charge in [0.2, 0.25) is 0 Å². The van der Waals surface area contributed by atoms with E-state index in [0.29, 0.717) is 16.4 Å². The molecule has 1 amide bonds. The van der Waals surface area contributed by atoms with Gasteiger partial charge in [0.25, 0.3) is 5.91 Å². The lowest BCUT2D eigenvalue weighted by atomic mass is 10.2. The van der Waals surface area contributed by atoms with Gasteiger partial charge in [0.05, 0.1) is 15.9 Å². The number of benzene rings is 2. The third kappa shape index (κ3) is 3.09. The van der Waals surface area contributed by atoms with E-state index in [-0.39, 0.29) is 5.91 Å². The molecule has 1 aromatic heterocycles. The fourth-order valence-electron chi connectivity index (χ4n) is 1.87. The largest absolute Gasteiger partial charge is 0.375 e. The van der Waals surface area contributed by atoms with Gasteiger partial charge < -0.3 is 11.1 Å². The Bertz CT molecular complexity index is 847. The van der Waals surface area contributed by atoms with Crippen molar-refractivity contribution in [2.45, 2.75) is 0 Å². The second-order valence-electron chi connectivity index (χ2n) is 4.31.